The lowest BCUT2D eigenvalue weighted by Crippen LogP contribution is -2.16. The third-order valence-corrected chi connectivity index (χ3v) is 4.19. The van der Waals surface area contributed by atoms with Crippen LogP contribution in [0.5, 0.6) is 11.5 Å². The number of nitrogens with zero attached hydrogens (tertiary/aromatic N) is 1. The van der Waals surface area contributed by atoms with Gasteiger partial charge in [0.15, 0.2) is 0 Å². The highest BCUT2D eigenvalue weighted by molar-refractivity contribution is 7.98. The molecule has 1 fully saturated rings. The van der Waals surface area contributed by atoms with Crippen molar-refractivity contribution in [1.29, 1.82) is 0 Å². The van der Waals surface area contributed by atoms with Crippen LogP contribution in [0.1, 0.15) is 37.7 Å². The third kappa shape index (κ3) is 6.49. The molecule has 0 aliphatic carbocycles. The predicted molar refractivity (Wildman–Crippen MR) is 94.7 cm³/mol. The van der Waals surface area contributed by atoms with Crippen molar-refractivity contribution in [2.75, 3.05) is 20.8 Å². The van der Waals surface area contributed by atoms with Crippen molar-refractivity contribution in [1.82, 2.24) is 5.23 Å². The summed E-state index contributed by atoms with van der Waals surface area (Å²) in [7, 11) is 3.21. The van der Waals surface area contributed by atoms with Crippen LogP contribution in [-0.4, -0.2) is 37.1 Å². The average Bonchev–Trinajstić information content (AvgIpc) is 3.05. The van der Waals surface area contributed by atoms with E-state index in [1.807, 2.05) is 24.3 Å². The molecule has 1 saturated heterocycles. The normalized spacial score (nSPS) is 16.0. The predicted octanol–water partition coefficient (Wildman–Crippen LogP) is 3.86. The number of unbranched alkanes of at least 4 members (excludes halogenated alkanes) is 3. The Hall–Kier alpha value is -1.90. The molecule has 1 aliphatic rings. The van der Waals surface area contributed by atoms with Crippen molar-refractivity contribution < 1.29 is 28.5 Å². The molecule has 0 saturated carbocycles. The molecule has 1 N–H and O–H groups in total. The van der Waals surface area contributed by atoms with Crippen LogP contribution in [0.15, 0.2) is 23.3 Å². The lowest BCUT2D eigenvalue weighted by atomic mass is 10.1. The Kier molecular flexibility index (Phi) is 7.90. The molecule has 1 aromatic rings. The Labute approximate surface area is 151 Å². The maximum atomic E-state index is 10.4. The zero-order valence-corrected chi connectivity index (χ0v) is 15.2. The average molecular weight is 369 g/mol. The zero-order valence-electron chi connectivity index (χ0n) is 14.4. The fourth-order valence-corrected chi connectivity index (χ4v) is 2.83. The molecule has 0 bridgehead atoms. The molecule has 8 heteroatoms. The Balaban J connectivity index is 1.78. The largest absolute Gasteiger partial charge is 0.497 e. The monoisotopic (exact) mass is 369 g/mol. The molecule has 25 heavy (non-hydrogen) atoms. The molecular formula is C17H23NO6S. The van der Waals surface area contributed by atoms with Gasteiger partial charge in [0, 0.05) is 24.1 Å². The van der Waals surface area contributed by atoms with Gasteiger partial charge in [-0.2, -0.15) is 4.28 Å². The summed E-state index contributed by atoms with van der Waals surface area (Å²) in [6.07, 6.45) is 5.47. The van der Waals surface area contributed by atoms with Gasteiger partial charge in [-0.15, -0.1) is 0 Å². The number of aliphatic carboxylic acids is 1. The molecule has 0 spiro atoms. The van der Waals surface area contributed by atoms with E-state index in [1.165, 1.54) is 5.23 Å². The van der Waals surface area contributed by atoms with Gasteiger partial charge in [-0.25, -0.2) is 0 Å². The first-order valence-corrected chi connectivity index (χ1v) is 8.82. The molecule has 1 aromatic carbocycles. The van der Waals surface area contributed by atoms with E-state index in [0.717, 1.165) is 42.6 Å². The van der Waals surface area contributed by atoms with Gasteiger partial charge >= 0.3 is 5.97 Å². The zero-order chi connectivity index (χ0) is 18.1. The van der Waals surface area contributed by atoms with Gasteiger partial charge in [-0.1, -0.05) is 12.8 Å². The fraction of sp³-hybridized carbons (Fsp3) is 0.471. The van der Waals surface area contributed by atoms with Crippen LogP contribution in [0.4, 0.5) is 0 Å². The van der Waals surface area contributed by atoms with Gasteiger partial charge in [0.25, 0.3) is 0 Å². The lowest BCUT2D eigenvalue weighted by Gasteiger charge is -2.10. The highest BCUT2D eigenvalue weighted by Crippen LogP contribution is 2.34. The number of ether oxygens (including phenoxy) is 2. The number of methoxy groups -OCH3 is 2. The summed E-state index contributed by atoms with van der Waals surface area (Å²) >= 11 is 1.15. The number of hydrogen-bond acceptors (Lipinski definition) is 7. The van der Waals surface area contributed by atoms with E-state index < -0.39 is 5.97 Å². The Morgan fingerprint density at radius 1 is 1.24 bits per heavy atom. The molecule has 2 rings (SSSR count). The topological polar surface area (TPSA) is 77.5 Å². The molecule has 0 amide bonds. The van der Waals surface area contributed by atoms with E-state index in [9.17, 15) is 4.79 Å². The molecule has 1 aliphatic heterocycles. The van der Waals surface area contributed by atoms with E-state index in [2.05, 4.69) is 0 Å². The van der Waals surface area contributed by atoms with Crippen LogP contribution in [0.3, 0.4) is 0 Å². The van der Waals surface area contributed by atoms with Gasteiger partial charge in [0.1, 0.15) is 11.5 Å². The van der Waals surface area contributed by atoms with Gasteiger partial charge in [0.05, 0.1) is 32.8 Å². The molecular weight excluding hydrogens is 346 g/mol. The van der Waals surface area contributed by atoms with Gasteiger partial charge in [0.2, 0.25) is 5.09 Å². The minimum Gasteiger partial charge on any atom is -0.497 e. The summed E-state index contributed by atoms with van der Waals surface area (Å²) in [5, 5.41) is 10.6. The van der Waals surface area contributed by atoms with Crippen LogP contribution in [-0.2, 0) is 13.9 Å². The summed E-state index contributed by atoms with van der Waals surface area (Å²) in [6.45, 7) is 0.622. The quantitative estimate of drug-likeness (QED) is 0.492. The third-order valence-electron chi connectivity index (χ3n) is 3.59. The van der Waals surface area contributed by atoms with Crippen molar-refractivity contribution >= 4 is 24.1 Å². The Bertz CT molecular complexity index is 607. The van der Waals surface area contributed by atoms with Crippen molar-refractivity contribution in [2.24, 2.45) is 0 Å². The van der Waals surface area contributed by atoms with E-state index in [0.29, 0.717) is 23.8 Å². The number of rotatable bonds is 10. The smallest absolute Gasteiger partial charge is 0.303 e. The first kappa shape index (κ1) is 19.4. The molecule has 0 unspecified atom stereocenters. The summed E-state index contributed by atoms with van der Waals surface area (Å²) in [5.74, 6) is 0.666. The first-order chi connectivity index (χ1) is 12.1. The molecule has 7 nitrogen and oxygen atoms in total. The number of carboxylic acids is 1. The van der Waals surface area contributed by atoms with Crippen molar-refractivity contribution in [3.63, 3.8) is 0 Å². The second-order valence-electron chi connectivity index (χ2n) is 5.43. The lowest BCUT2D eigenvalue weighted by molar-refractivity contribution is -0.259. The van der Waals surface area contributed by atoms with Crippen molar-refractivity contribution in [3.05, 3.63) is 28.9 Å². The van der Waals surface area contributed by atoms with Crippen LogP contribution < -0.4 is 9.47 Å². The minimum absolute atomic E-state index is 0.225. The minimum atomic E-state index is -0.744. The Morgan fingerprint density at radius 2 is 2.04 bits per heavy atom. The number of hydroxylamine groups is 2. The summed E-state index contributed by atoms with van der Waals surface area (Å²) in [6, 6.07) is 5.55. The van der Waals surface area contributed by atoms with Gasteiger partial charge < -0.3 is 19.4 Å². The number of benzene rings is 1. The van der Waals surface area contributed by atoms with E-state index >= 15 is 0 Å². The number of carboxylic acid groups (broad SMARTS) is 1. The Morgan fingerprint density at radius 3 is 2.76 bits per heavy atom. The summed E-state index contributed by atoms with van der Waals surface area (Å²) < 4.78 is 15.9. The van der Waals surface area contributed by atoms with Crippen molar-refractivity contribution in [2.45, 2.75) is 32.1 Å². The first-order valence-electron chi connectivity index (χ1n) is 8.08. The summed E-state index contributed by atoms with van der Waals surface area (Å²) in [5.41, 5.74) is 0.866. The number of carbonyl (C=O) groups is 1. The van der Waals surface area contributed by atoms with Gasteiger partial charge in [-0.3, -0.25) is 4.79 Å². The van der Waals surface area contributed by atoms with Gasteiger partial charge in [-0.05, 0) is 30.2 Å². The van der Waals surface area contributed by atoms with E-state index in [4.69, 9.17) is 23.7 Å². The van der Waals surface area contributed by atoms with E-state index in [-0.39, 0.29) is 6.42 Å². The fourth-order valence-electron chi connectivity index (χ4n) is 2.28. The molecule has 138 valence electrons. The standard InChI is InChI=1S/C17H23NO6S/c1-21-14-9-8-13(15(12-14)22-2)11-17-23-18(24-25-17)10-6-4-3-5-7-16(19)20/h8-9,11-12H,3-7,10H2,1-2H3,(H,19,20). The second-order valence-corrected chi connectivity index (χ2v) is 6.15. The van der Waals surface area contributed by atoms with Crippen LogP contribution in [0.2, 0.25) is 0 Å². The molecule has 0 radical (unpaired) electrons. The highest BCUT2D eigenvalue weighted by Gasteiger charge is 2.21. The molecule has 1 heterocycles. The SMILES string of the molecule is COc1ccc(C=C2ON(CCCCCCC(=O)O)OS2)c(OC)c1. The summed E-state index contributed by atoms with van der Waals surface area (Å²) in [4.78, 5) is 16.1. The van der Waals surface area contributed by atoms with Crippen LogP contribution >= 0.6 is 12.0 Å². The maximum Gasteiger partial charge on any atom is 0.303 e. The maximum absolute atomic E-state index is 10.4. The molecule has 0 atom stereocenters. The highest BCUT2D eigenvalue weighted by atomic mass is 32.2. The molecule has 0 aromatic heterocycles. The van der Waals surface area contributed by atoms with Crippen LogP contribution in [0.25, 0.3) is 6.08 Å². The second kappa shape index (κ2) is 10.2. The van der Waals surface area contributed by atoms with Crippen LogP contribution in [0, 0.1) is 0 Å². The van der Waals surface area contributed by atoms with Crippen molar-refractivity contribution in [3.8, 4) is 11.5 Å². The number of hydrogen-bond donors (Lipinski definition) is 1. The van der Waals surface area contributed by atoms with E-state index in [1.54, 1.807) is 14.2 Å².